The van der Waals surface area contributed by atoms with E-state index in [2.05, 4.69) is 4.98 Å². The largest absolute Gasteiger partial charge is 0.496 e. The summed E-state index contributed by atoms with van der Waals surface area (Å²) in [5, 5.41) is 18.9. The minimum atomic E-state index is -0.985. The number of ketones is 1. The average molecular weight is 586 g/mol. The first kappa shape index (κ1) is 29.3. The summed E-state index contributed by atoms with van der Waals surface area (Å²) in [6.45, 7) is 1.93. The van der Waals surface area contributed by atoms with Gasteiger partial charge >= 0.3 is 11.9 Å². The van der Waals surface area contributed by atoms with Crippen LogP contribution >= 0.6 is 22.7 Å². The van der Waals surface area contributed by atoms with E-state index in [1.807, 2.05) is 30.3 Å². The van der Waals surface area contributed by atoms with E-state index in [9.17, 15) is 14.4 Å². The molecule has 2 N–H and O–H groups in total. The number of carboxylic acid groups (broad SMARTS) is 2. The molecule has 0 aliphatic rings. The molecule has 212 valence electrons. The van der Waals surface area contributed by atoms with Gasteiger partial charge in [-0.15, -0.1) is 22.7 Å². The molecule has 1 atom stereocenters. The van der Waals surface area contributed by atoms with Gasteiger partial charge in [-0.1, -0.05) is 6.92 Å². The van der Waals surface area contributed by atoms with Crippen molar-refractivity contribution in [3.63, 3.8) is 0 Å². The summed E-state index contributed by atoms with van der Waals surface area (Å²) in [5.74, 6) is -1.03. The summed E-state index contributed by atoms with van der Waals surface area (Å²) in [6, 6.07) is 9.60. The summed E-state index contributed by atoms with van der Waals surface area (Å²) >= 11 is 2.91. The number of Topliss-reactive ketones (excluding diaryl/α,β-unsaturated/α-hetero) is 1. The Labute approximate surface area is 239 Å². The molecule has 0 aliphatic heterocycles. The van der Waals surface area contributed by atoms with Crippen molar-refractivity contribution < 1.29 is 38.8 Å². The zero-order valence-corrected chi connectivity index (χ0v) is 24.2. The number of carbonyl (C=O) groups excluding carboxylic acids is 1. The molecule has 0 saturated carbocycles. The minimum absolute atomic E-state index is 0.0375. The molecule has 4 rings (SSSR count). The second-order valence-electron chi connectivity index (χ2n) is 9.47. The first-order chi connectivity index (χ1) is 19.2. The van der Waals surface area contributed by atoms with Gasteiger partial charge in [0, 0.05) is 28.5 Å². The number of carboxylic acids is 2. The number of aryl methyl sites for hydroxylation is 2. The molecule has 0 radical (unpaired) electrons. The van der Waals surface area contributed by atoms with Crippen LogP contribution in [0.5, 0.6) is 17.4 Å². The number of hydrogen-bond acceptors (Lipinski definition) is 9. The van der Waals surface area contributed by atoms with E-state index in [0.29, 0.717) is 48.8 Å². The Hall–Kier alpha value is -3.70. The van der Waals surface area contributed by atoms with Crippen LogP contribution in [0.25, 0.3) is 20.3 Å². The summed E-state index contributed by atoms with van der Waals surface area (Å²) in [5.41, 5.74) is 1.77. The topological polar surface area (TPSA) is 132 Å². The van der Waals surface area contributed by atoms with Crippen LogP contribution in [-0.4, -0.2) is 53.7 Å². The summed E-state index contributed by atoms with van der Waals surface area (Å²) < 4.78 is 19.0. The van der Waals surface area contributed by atoms with Gasteiger partial charge in [0.15, 0.2) is 11.5 Å². The van der Waals surface area contributed by atoms with Crippen molar-refractivity contribution in [2.24, 2.45) is 5.92 Å². The standard InChI is InChI=1S/C29H31NO8S2/c1-16(29(34)35)10-21(31)26-12-18-11-17(22(36-2)14-24(18)40-26)6-5-9-38-28-23(37-3)15-25-20(30-28)13-19(39-25)7-4-8-27(32)33/h11-16H,4-10H2,1-3H3,(H,32,33)(H,34,35)/t16-/m0/s1. The minimum Gasteiger partial charge on any atom is -0.496 e. The van der Waals surface area contributed by atoms with Crippen molar-refractivity contribution in [1.82, 2.24) is 4.98 Å². The number of rotatable bonds is 15. The molecule has 0 unspecified atom stereocenters. The highest BCUT2D eigenvalue weighted by Gasteiger charge is 2.20. The number of nitrogens with zero attached hydrogens (tertiary/aromatic N) is 1. The lowest BCUT2D eigenvalue weighted by atomic mass is 10.0. The normalized spacial score (nSPS) is 12.0. The highest BCUT2D eigenvalue weighted by Crippen LogP contribution is 2.36. The van der Waals surface area contributed by atoms with E-state index >= 15 is 0 Å². The van der Waals surface area contributed by atoms with Gasteiger partial charge in [0.25, 0.3) is 5.88 Å². The van der Waals surface area contributed by atoms with Crippen LogP contribution in [0, 0.1) is 5.92 Å². The number of carbonyl (C=O) groups is 3. The number of thiophene rings is 2. The SMILES string of the molecule is COc1cc2sc(C(=O)C[C@H](C)C(=O)O)cc2cc1CCCOc1nc2cc(CCCC(=O)O)sc2cc1OC. The Morgan fingerprint density at radius 1 is 0.925 bits per heavy atom. The van der Waals surface area contributed by atoms with Gasteiger partial charge in [-0.3, -0.25) is 14.4 Å². The number of methoxy groups -OCH3 is 2. The molecule has 11 heteroatoms. The molecule has 0 spiro atoms. The van der Waals surface area contributed by atoms with E-state index in [-0.39, 0.29) is 18.6 Å². The van der Waals surface area contributed by atoms with Crippen LogP contribution in [0.4, 0.5) is 0 Å². The van der Waals surface area contributed by atoms with Gasteiger partial charge in [0.05, 0.1) is 41.8 Å². The van der Waals surface area contributed by atoms with E-state index in [0.717, 1.165) is 36.5 Å². The quantitative estimate of drug-likeness (QED) is 0.123. The third-order valence-corrected chi connectivity index (χ3v) is 8.73. The summed E-state index contributed by atoms with van der Waals surface area (Å²) in [4.78, 5) is 40.8. The Balaban J connectivity index is 1.41. The number of pyridine rings is 1. The van der Waals surface area contributed by atoms with E-state index in [1.165, 1.54) is 18.3 Å². The number of benzene rings is 1. The summed E-state index contributed by atoms with van der Waals surface area (Å²) in [7, 11) is 3.18. The fourth-order valence-corrected chi connectivity index (χ4v) is 6.40. The van der Waals surface area contributed by atoms with Crippen molar-refractivity contribution in [2.75, 3.05) is 20.8 Å². The second kappa shape index (κ2) is 13.1. The van der Waals surface area contributed by atoms with Crippen molar-refractivity contribution in [2.45, 2.75) is 45.4 Å². The molecular weight excluding hydrogens is 554 g/mol. The Bertz CT molecular complexity index is 1540. The molecule has 0 bridgehead atoms. The van der Waals surface area contributed by atoms with Gasteiger partial charge in [-0.25, -0.2) is 4.98 Å². The molecule has 0 amide bonds. The fraction of sp³-hybridized carbons (Fsp3) is 0.379. The monoisotopic (exact) mass is 585 g/mol. The molecule has 0 fully saturated rings. The van der Waals surface area contributed by atoms with Crippen molar-refractivity contribution >= 4 is 60.7 Å². The zero-order chi connectivity index (χ0) is 28.8. The van der Waals surface area contributed by atoms with Gasteiger partial charge in [0.2, 0.25) is 0 Å². The van der Waals surface area contributed by atoms with Crippen molar-refractivity contribution in [1.29, 1.82) is 0 Å². The van der Waals surface area contributed by atoms with E-state index < -0.39 is 17.9 Å². The number of aromatic nitrogens is 1. The highest BCUT2D eigenvalue weighted by atomic mass is 32.1. The maximum Gasteiger partial charge on any atom is 0.306 e. The zero-order valence-electron chi connectivity index (χ0n) is 22.5. The molecule has 0 saturated heterocycles. The molecule has 1 aromatic carbocycles. The molecule has 3 aromatic heterocycles. The molecule has 4 aromatic rings. The lowest BCUT2D eigenvalue weighted by molar-refractivity contribution is -0.141. The second-order valence-corrected chi connectivity index (χ2v) is 11.7. The van der Waals surface area contributed by atoms with Gasteiger partial charge in [-0.05, 0) is 60.9 Å². The molecule has 9 nitrogen and oxygen atoms in total. The first-order valence-electron chi connectivity index (χ1n) is 12.9. The van der Waals surface area contributed by atoms with Crippen LogP contribution < -0.4 is 14.2 Å². The average Bonchev–Trinajstić information content (AvgIpc) is 3.52. The van der Waals surface area contributed by atoms with Crippen molar-refractivity contribution in [3.8, 4) is 17.4 Å². The summed E-state index contributed by atoms with van der Waals surface area (Å²) in [6.07, 6.45) is 2.70. The number of fused-ring (bicyclic) bond motifs is 2. The van der Waals surface area contributed by atoms with Crippen LogP contribution in [0.15, 0.2) is 30.3 Å². The third-order valence-electron chi connectivity index (χ3n) is 6.46. The lowest BCUT2D eigenvalue weighted by Gasteiger charge is -2.11. The van der Waals surface area contributed by atoms with Crippen LogP contribution in [0.3, 0.4) is 0 Å². The maximum absolute atomic E-state index is 12.6. The first-order valence-corrected chi connectivity index (χ1v) is 14.5. The van der Waals surface area contributed by atoms with Crippen LogP contribution in [0.2, 0.25) is 0 Å². The van der Waals surface area contributed by atoms with Gasteiger partial charge < -0.3 is 24.4 Å². The lowest BCUT2D eigenvalue weighted by Crippen LogP contribution is -2.13. The molecule has 40 heavy (non-hydrogen) atoms. The van der Waals surface area contributed by atoms with Crippen molar-refractivity contribution in [3.05, 3.63) is 45.6 Å². The Morgan fingerprint density at radius 2 is 1.68 bits per heavy atom. The van der Waals surface area contributed by atoms with E-state index in [4.69, 9.17) is 24.4 Å². The molecule has 3 heterocycles. The molecular formula is C29H31NO8S2. The smallest absolute Gasteiger partial charge is 0.306 e. The third kappa shape index (κ3) is 7.08. The number of aliphatic carboxylic acids is 2. The van der Waals surface area contributed by atoms with Crippen LogP contribution in [0.1, 0.15) is 52.7 Å². The fourth-order valence-electron chi connectivity index (χ4n) is 4.31. The maximum atomic E-state index is 12.6. The number of ether oxygens (including phenoxy) is 3. The van der Waals surface area contributed by atoms with Gasteiger partial charge in [0.1, 0.15) is 5.75 Å². The Kier molecular flexibility index (Phi) is 9.59. The molecule has 0 aliphatic carbocycles. The van der Waals surface area contributed by atoms with Crippen LogP contribution in [-0.2, 0) is 22.4 Å². The van der Waals surface area contributed by atoms with Gasteiger partial charge in [-0.2, -0.15) is 0 Å². The Morgan fingerprint density at radius 3 is 2.38 bits per heavy atom. The van der Waals surface area contributed by atoms with E-state index in [1.54, 1.807) is 25.6 Å². The number of hydrogen-bond donors (Lipinski definition) is 2. The predicted molar refractivity (Wildman–Crippen MR) is 155 cm³/mol. The predicted octanol–water partition coefficient (Wildman–Crippen LogP) is 6.24. The highest BCUT2D eigenvalue weighted by molar-refractivity contribution is 7.20.